The number of fused-ring (bicyclic) bond motifs is 1. The summed E-state index contributed by atoms with van der Waals surface area (Å²) in [5, 5.41) is 10.7. The van der Waals surface area contributed by atoms with E-state index in [0.29, 0.717) is 49.3 Å². The van der Waals surface area contributed by atoms with Crippen LogP contribution in [0.3, 0.4) is 0 Å². The third kappa shape index (κ3) is 5.23. The zero-order chi connectivity index (χ0) is 26.6. The third-order valence-electron chi connectivity index (χ3n) is 7.24. The summed E-state index contributed by atoms with van der Waals surface area (Å²) in [4.78, 5) is 31.7. The maximum absolute atomic E-state index is 12.5. The smallest absolute Gasteiger partial charge is 0.310 e. The number of ether oxygens (including phenoxy) is 3. The molecule has 2 atom stereocenters. The van der Waals surface area contributed by atoms with E-state index in [-0.39, 0.29) is 24.5 Å². The normalized spacial score (nSPS) is 20.0. The lowest BCUT2D eigenvalue weighted by Crippen LogP contribution is -2.45. The third-order valence-corrected chi connectivity index (χ3v) is 7.24. The number of aromatic nitrogens is 3. The zero-order valence-corrected chi connectivity index (χ0v) is 22.2. The summed E-state index contributed by atoms with van der Waals surface area (Å²) in [6.45, 7) is 7.44. The number of hydrogen-bond acceptors (Lipinski definition) is 10. The Balaban J connectivity index is 1.58. The number of aliphatic hydroxyl groups is 1. The van der Waals surface area contributed by atoms with Crippen molar-refractivity contribution in [3.05, 3.63) is 35.9 Å². The van der Waals surface area contributed by atoms with Gasteiger partial charge in [0.2, 0.25) is 5.95 Å². The van der Waals surface area contributed by atoms with E-state index in [1.165, 1.54) is 0 Å². The Morgan fingerprint density at radius 2 is 2.05 bits per heavy atom. The average Bonchev–Trinajstić information content (AvgIpc) is 2.96. The number of carbonyl (C=O) groups is 1. The lowest BCUT2D eigenvalue weighted by atomic mass is 9.98. The van der Waals surface area contributed by atoms with Gasteiger partial charge < -0.3 is 29.1 Å². The van der Waals surface area contributed by atoms with Crippen LogP contribution in [-0.2, 0) is 20.9 Å². The van der Waals surface area contributed by atoms with Crippen molar-refractivity contribution in [1.82, 2.24) is 15.0 Å². The molecule has 2 saturated heterocycles. The lowest BCUT2D eigenvalue weighted by molar-refractivity contribution is -0.148. The van der Waals surface area contributed by atoms with E-state index in [2.05, 4.69) is 16.7 Å². The topological polar surface area (TPSA) is 110 Å². The highest BCUT2D eigenvalue weighted by Gasteiger charge is 2.30. The number of morpholine rings is 1. The zero-order valence-electron chi connectivity index (χ0n) is 22.2. The van der Waals surface area contributed by atoms with Crippen molar-refractivity contribution < 1.29 is 24.1 Å². The van der Waals surface area contributed by atoms with E-state index < -0.39 is 0 Å². The number of pyridine rings is 1. The molecule has 2 aliphatic heterocycles. The Labute approximate surface area is 222 Å². The molecule has 0 radical (unpaired) electrons. The van der Waals surface area contributed by atoms with E-state index in [1.807, 2.05) is 37.3 Å². The van der Waals surface area contributed by atoms with E-state index in [4.69, 9.17) is 29.2 Å². The second kappa shape index (κ2) is 11.5. The molecule has 3 aromatic rings. The Morgan fingerprint density at radius 3 is 2.82 bits per heavy atom. The summed E-state index contributed by atoms with van der Waals surface area (Å²) < 4.78 is 16.3. The molecular formula is C28H35N5O5. The van der Waals surface area contributed by atoms with Crippen molar-refractivity contribution in [3.8, 4) is 17.0 Å². The minimum absolute atomic E-state index is 0.132. The maximum atomic E-state index is 12.5. The first-order chi connectivity index (χ1) is 18.5. The summed E-state index contributed by atoms with van der Waals surface area (Å²) in [7, 11) is 1.59. The molecule has 1 unspecified atom stereocenters. The predicted molar refractivity (Wildman–Crippen MR) is 144 cm³/mol. The van der Waals surface area contributed by atoms with Gasteiger partial charge in [0, 0.05) is 30.8 Å². The largest absolute Gasteiger partial charge is 0.496 e. The van der Waals surface area contributed by atoms with Gasteiger partial charge in [-0.1, -0.05) is 0 Å². The van der Waals surface area contributed by atoms with E-state index in [9.17, 15) is 9.90 Å². The van der Waals surface area contributed by atoms with Crippen molar-refractivity contribution >= 4 is 28.8 Å². The molecule has 38 heavy (non-hydrogen) atoms. The molecule has 4 heterocycles. The van der Waals surface area contributed by atoms with Crippen molar-refractivity contribution in [2.45, 2.75) is 39.3 Å². The van der Waals surface area contributed by atoms with Gasteiger partial charge in [0.1, 0.15) is 11.6 Å². The molecule has 202 valence electrons. The molecule has 1 aromatic carbocycles. The molecule has 0 spiro atoms. The first-order valence-corrected chi connectivity index (χ1v) is 13.2. The molecule has 1 N–H and O–H groups in total. The SMILES string of the molecule is CCOC(=O)C1CCCN(c2nc(N3CCOC[C@@H]3C)c3ccc(-c4ccc(OC)c(CO)c4)nc3n2)C1. The standard InChI is InChI=1S/C28H35N5O5/c1-4-38-27(35)20-6-5-11-32(15-20)28-30-25-22(26(31-28)33-12-13-37-17-18(33)2)8-9-23(29-25)19-7-10-24(36-3)21(14-19)16-34/h7-10,14,18,20,34H,4-6,11-13,15-17H2,1-3H3/t18-,20?/m0/s1. The number of aliphatic hydroxyl groups excluding tert-OH is 1. The van der Waals surface area contributed by atoms with Gasteiger partial charge in [-0.2, -0.15) is 9.97 Å². The van der Waals surface area contributed by atoms with Gasteiger partial charge in [-0.15, -0.1) is 0 Å². The fraction of sp³-hybridized carbons (Fsp3) is 0.500. The van der Waals surface area contributed by atoms with Crippen LogP contribution in [0.2, 0.25) is 0 Å². The summed E-state index contributed by atoms with van der Waals surface area (Å²) in [5.74, 6) is 1.65. The van der Waals surface area contributed by atoms with Gasteiger partial charge in [0.05, 0.1) is 56.6 Å². The summed E-state index contributed by atoms with van der Waals surface area (Å²) >= 11 is 0. The molecule has 0 bridgehead atoms. The molecular weight excluding hydrogens is 486 g/mol. The summed E-state index contributed by atoms with van der Waals surface area (Å²) in [5.41, 5.74) is 2.87. The number of anilines is 2. The minimum atomic E-state index is -0.204. The molecule has 0 amide bonds. The quantitative estimate of drug-likeness (QED) is 0.466. The van der Waals surface area contributed by atoms with Gasteiger partial charge in [0.25, 0.3) is 0 Å². The van der Waals surface area contributed by atoms with Crippen LogP contribution in [0.4, 0.5) is 11.8 Å². The van der Waals surface area contributed by atoms with Crippen LogP contribution in [0.15, 0.2) is 30.3 Å². The Hall–Kier alpha value is -3.50. The van der Waals surface area contributed by atoms with Crippen LogP contribution in [0, 0.1) is 5.92 Å². The number of piperidine rings is 1. The van der Waals surface area contributed by atoms with E-state index in [0.717, 1.165) is 48.4 Å². The molecule has 2 aliphatic rings. The average molecular weight is 522 g/mol. The van der Waals surface area contributed by atoms with Gasteiger partial charge >= 0.3 is 5.97 Å². The molecule has 10 heteroatoms. The number of esters is 1. The first-order valence-electron chi connectivity index (χ1n) is 13.2. The highest BCUT2D eigenvalue weighted by molar-refractivity contribution is 5.90. The van der Waals surface area contributed by atoms with Crippen LogP contribution in [0.5, 0.6) is 5.75 Å². The number of methoxy groups -OCH3 is 1. The predicted octanol–water partition coefficient (Wildman–Crippen LogP) is 3.20. The number of nitrogens with zero attached hydrogens (tertiary/aromatic N) is 5. The minimum Gasteiger partial charge on any atom is -0.496 e. The maximum Gasteiger partial charge on any atom is 0.310 e. The van der Waals surface area contributed by atoms with Crippen molar-refractivity contribution in [2.75, 3.05) is 56.4 Å². The number of hydrogen-bond donors (Lipinski definition) is 1. The van der Waals surface area contributed by atoms with Crippen molar-refractivity contribution in [2.24, 2.45) is 5.92 Å². The number of benzene rings is 1. The van der Waals surface area contributed by atoms with Crippen molar-refractivity contribution in [3.63, 3.8) is 0 Å². The number of carbonyl (C=O) groups excluding carboxylic acids is 1. The monoisotopic (exact) mass is 521 g/mol. The van der Waals surface area contributed by atoms with Gasteiger partial charge in [-0.25, -0.2) is 4.98 Å². The Morgan fingerprint density at radius 1 is 1.18 bits per heavy atom. The van der Waals surface area contributed by atoms with Crippen LogP contribution in [-0.4, -0.2) is 78.6 Å². The molecule has 0 aliphatic carbocycles. The Kier molecular flexibility index (Phi) is 7.90. The van der Waals surface area contributed by atoms with Gasteiger partial charge in [0.15, 0.2) is 5.65 Å². The highest BCUT2D eigenvalue weighted by atomic mass is 16.5. The summed E-state index contributed by atoms with van der Waals surface area (Å²) in [6.07, 6.45) is 1.65. The molecule has 0 saturated carbocycles. The molecule has 10 nitrogen and oxygen atoms in total. The van der Waals surface area contributed by atoms with Crippen molar-refractivity contribution in [1.29, 1.82) is 0 Å². The van der Waals surface area contributed by atoms with Crippen LogP contribution < -0.4 is 14.5 Å². The van der Waals surface area contributed by atoms with Crippen LogP contribution >= 0.6 is 0 Å². The highest BCUT2D eigenvalue weighted by Crippen LogP contribution is 2.33. The second-order valence-corrected chi connectivity index (χ2v) is 9.75. The van der Waals surface area contributed by atoms with E-state index in [1.54, 1.807) is 7.11 Å². The van der Waals surface area contributed by atoms with Crippen LogP contribution in [0.1, 0.15) is 32.3 Å². The second-order valence-electron chi connectivity index (χ2n) is 9.75. The molecule has 5 rings (SSSR count). The summed E-state index contributed by atoms with van der Waals surface area (Å²) in [6, 6.07) is 9.77. The fourth-order valence-corrected chi connectivity index (χ4v) is 5.22. The molecule has 2 fully saturated rings. The van der Waals surface area contributed by atoms with E-state index >= 15 is 0 Å². The van der Waals surface area contributed by atoms with Gasteiger partial charge in [-0.05, 0) is 57.0 Å². The fourth-order valence-electron chi connectivity index (χ4n) is 5.22. The Bertz CT molecular complexity index is 1300. The van der Waals surface area contributed by atoms with Crippen LogP contribution in [0.25, 0.3) is 22.3 Å². The first kappa shape index (κ1) is 26.1. The molecule has 2 aromatic heterocycles. The van der Waals surface area contributed by atoms with Gasteiger partial charge in [-0.3, -0.25) is 4.79 Å². The lowest BCUT2D eigenvalue weighted by Gasteiger charge is -2.36. The number of rotatable bonds is 7.